The highest BCUT2D eigenvalue weighted by molar-refractivity contribution is 7.98. The average Bonchev–Trinajstić information content (AvgIpc) is 3.24. The second-order valence-electron chi connectivity index (χ2n) is 8.70. The Morgan fingerprint density at radius 2 is 1.89 bits per heavy atom. The van der Waals surface area contributed by atoms with Crippen LogP contribution in [-0.4, -0.2) is 16.7 Å². The summed E-state index contributed by atoms with van der Waals surface area (Å²) < 4.78 is 22.1. The van der Waals surface area contributed by atoms with E-state index >= 15 is 0 Å². The van der Waals surface area contributed by atoms with Gasteiger partial charge in [-0.3, -0.25) is 4.57 Å². The van der Waals surface area contributed by atoms with E-state index in [1.165, 1.54) is 29.1 Å². The van der Waals surface area contributed by atoms with E-state index in [-0.39, 0.29) is 11.7 Å². The highest BCUT2D eigenvalue weighted by Gasteiger charge is 2.30. The summed E-state index contributed by atoms with van der Waals surface area (Å²) in [5.41, 5.74) is 6.06. The Morgan fingerprint density at radius 3 is 2.60 bits per heavy atom. The zero-order valence-corrected chi connectivity index (χ0v) is 21.9. The van der Waals surface area contributed by atoms with Gasteiger partial charge in [0, 0.05) is 33.0 Å². The van der Waals surface area contributed by atoms with Gasteiger partial charge < -0.3 is 4.74 Å². The standard InChI is InChI=1S/C28H25Cl2FN2OS/c1-17-15-18(9-14-23(17)29)21-5-3-8-26-27(21)33(19-10-12-20(34-2)13-11-19)28(32-26)35-16-22-24(30)6-4-7-25(22)31/h4,6-7,9-15,21H,3,5,8,16H2,1-2H3. The molecule has 1 aliphatic rings. The smallest absolute Gasteiger partial charge is 0.173 e. The predicted octanol–water partition coefficient (Wildman–Crippen LogP) is 8.40. The van der Waals surface area contributed by atoms with Crippen LogP contribution < -0.4 is 4.74 Å². The Morgan fingerprint density at radius 1 is 1.09 bits per heavy atom. The van der Waals surface area contributed by atoms with E-state index in [9.17, 15) is 4.39 Å². The number of fused-ring (bicyclic) bond motifs is 1. The van der Waals surface area contributed by atoms with E-state index in [0.717, 1.165) is 52.1 Å². The average molecular weight is 527 g/mol. The number of aryl methyl sites for hydroxylation is 2. The van der Waals surface area contributed by atoms with Gasteiger partial charge in [0.15, 0.2) is 5.16 Å². The van der Waals surface area contributed by atoms with E-state index in [1.807, 2.05) is 37.3 Å². The Hall–Kier alpha value is -2.47. The first-order chi connectivity index (χ1) is 17.0. The predicted molar refractivity (Wildman–Crippen MR) is 142 cm³/mol. The minimum Gasteiger partial charge on any atom is -0.497 e. The molecule has 35 heavy (non-hydrogen) atoms. The molecule has 0 amide bonds. The van der Waals surface area contributed by atoms with Crippen molar-refractivity contribution in [1.29, 1.82) is 0 Å². The lowest BCUT2D eigenvalue weighted by molar-refractivity contribution is 0.414. The fourth-order valence-electron chi connectivity index (χ4n) is 4.70. The van der Waals surface area contributed by atoms with Gasteiger partial charge in [-0.05, 0) is 79.8 Å². The number of rotatable bonds is 6. The lowest BCUT2D eigenvalue weighted by Gasteiger charge is -2.26. The van der Waals surface area contributed by atoms with Crippen LogP contribution in [0.1, 0.15) is 46.8 Å². The number of methoxy groups -OCH3 is 1. The zero-order chi connectivity index (χ0) is 24.5. The van der Waals surface area contributed by atoms with Crippen molar-refractivity contribution in [2.45, 2.75) is 43.0 Å². The lowest BCUT2D eigenvalue weighted by atomic mass is 9.83. The number of hydrogen-bond acceptors (Lipinski definition) is 3. The molecule has 1 atom stereocenters. The monoisotopic (exact) mass is 526 g/mol. The molecule has 1 aliphatic carbocycles. The molecule has 1 heterocycles. The topological polar surface area (TPSA) is 27.1 Å². The Kier molecular flexibility index (Phi) is 7.10. The van der Waals surface area contributed by atoms with Crippen LogP contribution in [0, 0.1) is 12.7 Å². The number of thioether (sulfide) groups is 1. The molecule has 0 bridgehead atoms. The van der Waals surface area contributed by atoms with Gasteiger partial charge in [-0.2, -0.15) is 0 Å². The second-order valence-corrected chi connectivity index (χ2v) is 10.5. The molecule has 0 aliphatic heterocycles. The summed E-state index contributed by atoms with van der Waals surface area (Å²) in [6, 6.07) is 19.1. The third kappa shape index (κ3) is 4.82. The van der Waals surface area contributed by atoms with E-state index < -0.39 is 0 Å². The first-order valence-corrected chi connectivity index (χ1v) is 13.3. The van der Waals surface area contributed by atoms with Crippen molar-refractivity contribution in [3.05, 3.63) is 105 Å². The van der Waals surface area contributed by atoms with E-state index in [4.69, 9.17) is 32.9 Å². The summed E-state index contributed by atoms with van der Waals surface area (Å²) in [6.07, 6.45) is 3.00. The molecule has 0 saturated carbocycles. The van der Waals surface area contributed by atoms with Crippen LogP contribution in [0.5, 0.6) is 5.75 Å². The van der Waals surface area contributed by atoms with Gasteiger partial charge in [0.2, 0.25) is 0 Å². The van der Waals surface area contributed by atoms with Crippen molar-refractivity contribution >= 4 is 35.0 Å². The van der Waals surface area contributed by atoms with Crippen molar-refractivity contribution in [3.8, 4) is 11.4 Å². The van der Waals surface area contributed by atoms with Gasteiger partial charge >= 0.3 is 0 Å². The third-order valence-corrected chi connectivity index (χ3v) is 8.26. The van der Waals surface area contributed by atoms with Gasteiger partial charge in [0.05, 0.1) is 18.5 Å². The molecule has 1 unspecified atom stereocenters. The molecule has 0 saturated heterocycles. The largest absolute Gasteiger partial charge is 0.497 e. The molecule has 7 heteroatoms. The van der Waals surface area contributed by atoms with Crippen LogP contribution in [0.15, 0.2) is 65.8 Å². The molecule has 0 radical (unpaired) electrons. The Labute approximate surface area is 219 Å². The van der Waals surface area contributed by atoms with Crippen LogP contribution in [0.25, 0.3) is 5.69 Å². The minimum atomic E-state index is -0.299. The van der Waals surface area contributed by atoms with Crippen molar-refractivity contribution in [2.24, 2.45) is 0 Å². The van der Waals surface area contributed by atoms with Gasteiger partial charge in [-0.25, -0.2) is 9.37 Å². The Bertz CT molecular complexity index is 1350. The fourth-order valence-corrected chi connectivity index (χ4v) is 6.20. The zero-order valence-electron chi connectivity index (χ0n) is 19.5. The molecule has 3 aromatic carbocycles. The highest BCUT2D eigenvalue weighted by atomic mass is 35.5. The van der Waals surface area contributed by atoms with Crippen LogP contribution in [0.4, 0.5) is 4.39 Å². The van der Waals surface area contributed by atoms with Crippen LogP contribution in [0.2, 0.25) is 10.0 Å². The van der Waals surface area contributed by atoms with Gasteiger partial charge in [-0.15, -0.1) is 0 Å². The van der Waals surface area contributed by atoms with Crippen LogP contribution >= 0.6 is 35.0 Å². The maximum Gasteiger partial charge on any atom is 0.173 e. The fraction of sp³-hybridized carbons (Fsp3) is 0.250. The first-order valence-electron chi connectivity index (χ1n) is 11.5. The summed E-state index contributed by atoms with van der Waals surface area (Å²) >= 11 is 14.1. The number of benzene rings is 3. The number of halogens is 3. The highest BCUT2D eigenvalue weighted by Crippen LogP contribution is 2.42. The molecular weight excluding hydrogens is 502 g/mol. The molecule has 1 aromatic heterocycles. The summed E-state index contributed by atoms with van der Waals surface area (Å²) in [4.78, 5) is 5.06. The van der Waals surface area contributed by atoms with Crippen molar-refractivity contribution in [3.63, 3.8) is 0 Å². The maximum absolute atomic E-state index is 14.5. The normalized spacial score (nSPS) is 15.2. The summed E-state index contributed by atoms with van der Waals surface area (Å²) in [7, 11) is 1.66. The van der Waals surface area contributed by atoms with E-state index in [1.54, 1.807) is 19.2 Å². The minimum absolute atomic E-state index is 0.190. The number of nitrogens with zero attached hydrogens (tertiary/aromatic N) is 2. The number of imidazole rings is 1. The summed E-state index contributed by atoms with van der Waals surface area (Å²) in [5, 5.41) is 2.03. The molecular formula is C28H25Cl2FN2OS. The van der Waals surface area contributed by atoms with Crippen LogP contribution in [0.3, 0.4) is 0 Å². The van der Waals surface area contributed by atoms with E-state index in [0.29, 0.717) is 16.3 Å². The van der Waals surface area contributed by atoms with Gasteiger partial charge in [0.25, 0.3) is 0 Å². The van der Waals surface area contributed by atoms with Gasteiger partial charge in [-0.1, -0.05) is 53.2 Å². The molecule has 3 nitrogen and oxygen atoms in total. The lowest BCUT2D eigenvalue weighted by Crippen LogP contribution is -2.15. The molecule has 0 fully saturated rings. The summed E-state index contributed by atoms with van der Waals surface area (Å²) in [5.74, 6) is 1.07. The molecule has 0 spiro atoms. The van der Waals surface area contributed by atoms with Gasteiger partial charge in [0.1, 0.15) is 11.6 Å². The molecule has 180 valence electrons. The Balaban J connectivity index is 1.62. The molecule has 0 N–H and O–H groups in total. The number of ether oxygens (including phenoxy) is 1. The van der Waals surface area contributed by atoms with E-state index in [2.05, 4.69) is 16.7 Å². The van der Waals surface area contributed by atoms with Crippen LogP contribution in [-0.2, 0) is 12.2 Å². The number of aromatic nitrogens is 2. The van der Waals surface area contributed by atoms with Crippen molar-refractivity contribution < 1.29 is 9.13 Å². The molecule has 5 rings (SSSR count). The maximum atomic E-state index is 14.5. The second kappa shape index (κ2) is 10.3. The van der Waals surface area contributed by atoms with Crippen molar-refractivity contribution in [2.75, 3.05) is 7.11 Å². The summed E-state index contributed by atoms with van der Waals surface area (Å²) in [6.45, 7) is 2.04. The van der Waals surface area contributed by atoms with Crippen molar-refractivity contribution in [1.82, 2.24) is 9.55 Å². The third-order valence-electron chi connectivity index (χ3n) is 6.52. The molecule has 4 aromatic rings. The first kappa shape index (κ1) is 24.2. The number of hydrogen-bond donors (Lipinski definition) is 0. The SMILES string of the molecule is COc1ccc(-n2c(SCc3c(F)cccc3Cl)nc3c2C(c2ccc(Cl)c(C)c2)CCC3)cc1. The quantitative estimate of drug-likeness (QED) is 0.236.